The number of halogens is 1. The zero-order valence-corrected chi connectivity index (χ0v) is 25.0. The predicted molar refractivity (Wildman–Crippen MR) is 163 cm³/mol. The molecule has 43 heavy (non-hydrogen) atoms. The van der Waals surface area contributed by atoms with Gasteiger partial charge in [0.25, 0.3) is 5.56 Å². The van der Waals surface area contributed by atoms with Crippen molar-refractivity contribution < 1.29 is 19.7 Å². The fourth-order valence-electron chi connectivity index (χ4n) is 5.42. The van der Waals surface area contributed by atoms with E-state index in [4.69, 9.17) is 16.3 Å². The molecule has 13 heteroatoms. The number of carboxylic acid groups (broad SMARTS) is 1. The normalized spacial score (nSPS) is 14.1. The van der Waals surface area contributed by atoms with Crippen LogP contribution >= 0.6 is 22.9 Å². The molecule has 0 unspecified atom stereocenters. The number of β-amino-alcohol motifs (C(OH)–C–C–N with tert-alkyl or cyclic N) is 1. The summed E-state index contributed by atoms with van der Waals surface area (Å²) in [6, 6.07) is 9.15. The number of aromatic carboxylic acids is 1. The molecule has 11 nitrogen and oxygen atoms in total. The number of rotatable bonds is 7. The van der Waals surface area contributed by atoms with Crippen molar-refractivity contribution in [3.8, 4) is 22.9 Å². The third kappa shape index (κ3) is 5.05. The highest BCUT2D eigenvalue weighted by molar-refractivity contribution is 7.18. The van der Waals surface area contributed by atoms with Gasteiger partial charge in [-0.2, -0.15) is 5.26 Å². The number of nitrogens with zero attached hydrogens (tertiary/aromatic N) is 6. The zero-order valence-electron chi connectivity index (χ0n) is 23.4. The number of aryl methyl sites for hydroxylation is 2. The van der Waals surface area contributed by atoms with Gasteiger partial charge in [-0.15, -0.1) is 11.3 Å². The molecule has 5 aromatic rings. The topological polar surface area (TPSA) is 154 Å². The van der Waals surface area contributed by atoms with Gasteiger partial charge in [0.2, 0.25) is 0 Å². The molecular weight excluding hydrogens is 592 g/mol. The van der Waals surface area contributed by atoms with E-state index in [2.05, 4.69) is 21.0 Å². The first-order chi connectivity index (χ1) is 20.5. The quantitative estimate of drug-likeness (QED) is 0.266. The summed E-state index contributed by atoms with van der Waals surface area (Å²) in [6.07, 6.45) is 1.48. The highest BCUT2D eigenvalue weighted by Crippen LogP contribution is 2.40. The van der Waals surface area contributed by atoms with Gasteiger partial charge in [0.15, 0.2) is 0 Å². The third-order valence-corrected chi connectivity index (χ3v) is 8.57. The van der Waals surface area contributed by atoms with Crippen molar-refractivity contribution in [3.63, 3.8) is 0 Å². The zero-order chi connectivity index (χ0) is 30.6. The van der Waals surface area contributed by atoms with Gasteiger partial charge < -0.3 is 19.8 Å². The van der Waals surface area contributed by atoms with Crippen molar-refractivity contribution in [2.45, 2.75) is 32.9 Å². The molecule has 0 radical (unpaired) electrons. The van der Waals surface area contributed by atoms with Crippen LogP contribution in [0.5, 0.6) is 5.75 Å². The van der Waals surface area contributed by atoms with E-state index in [0.29, 0.717) is 62.5 Å². The van der Waals surface area contributed by atoms with Crippen molar-refractivity contribution in [2.24, 2.45) is 0 Å². The molecule has 5 heterocycles. The molecule has 1 saturated heterocycles. The van der Waals surface area contributed by atoms with Crippen molar-refractivity contribution in [3.05, 3.63) is 73.9 Å². The third-order valence-electron chi connectivity index (χ3n) is 7.33. The van der Waals surface area contributed by atoms with E-state index in [-0.39, 0.29) is 35.2 Å². The van der Waals surface area contributed by atoms with Crippen LogP contribution in [0.15, 0.2) is 40.6 Å². The van der Waals surface area contributed by atoms with E-state index < -0.39 is 11.6 Å². The molecule has 1 fully saturated rings. The lowest BCUT2D eigenvalue weighted by Gasteiger charge is -2.45. The average molecular weight is 617 g/mol. The molecule has 0 aliphatic carbocycles. The van der Waals surface area contributed by atoms with Crippen LogP contribution < -0.4 is 15.2 Å². The first-order valence-electron chi connectivity index (χ1n) is 13.3. The molecule has 1 aliphatic rings. The first kappa shape index (κ1) is 28.5. The lowest BCUT2D eigenvalue weighted by molar-refractivity contribution is 0.0305. The molecule has 1 aliphatic heterocycles. The Morgan fingerprint density at radius 1 is 1.23 bits per heavy atom. The first-order valence-corrected chi connectivity index (χ1v) is 14.6. The maximum absolute atomic E-state index is 13.7. The van der Waals surface area contributed by atoms with Crippen LogP contribution in [0.25, 0.3) is 32.2 Å². The summed E-state index contributed by atoms with van der Waals surface area (Å²) in [5.41, 5.74) is 1.74. The summed E-state index contributed by atoms with van der Waals surface area (Å²) in [5, 5.41) is 32.0. The van der Waals surface area contributed by atoms with E-state index in [9.17, 15) is 25.1 Å². The van der Waals surface area contributed by atoms with E-state index in [1.54, 1.807) is 49.3 Å². The molecule has 1 aromatic carbocycles. The highest BCUT2D eigenvalue weighted by atomic mass is 35.5. The summed E-state index contributed by atoms with van der Waals surface area (Å²) >= 11 is 7.65. The summed E-state index contributed by atoms with van der Waals surface area (Å²) in [4.78, 5) is 40.6. The predicted octanol–water partition coefficient (Wildman–Crippen LogP) is 4.56. The molecule has 0 saturated carbocycles. The van der Waals surface area contributed by atoms with Crippen LogP contribution in [-0.4, -0.2) is 61.0 Å². The number of aliphatic hydroxyl groups is 1. The number of thiophene rings is 1. The van der Waals surface area contributed by atoms with Crippen molar-refractivity contribution in [1.82, 2.24) is 19.5 Å². The maximum atomic E-state index is 13.7. The van der Waals surface area contributed by atoms with Crippen LogP contribution in [0.4, 0.5) is 5.82 Å². The van der Waals surface area contributed by atoms with Crippen molar-refractivity contribution >= 4 is 55.8 Å². The number of pyridine rings is 2. The molecule has 6 rings (SSSR count). The Labute approximate surface area is 254 Å². The number of hydrogen-bond acceptors (Lipinski definition) is 10. The number of ether oxygens (including phenoxy) is 1. The monoisotopic (exact) mass is 616 g/mol. The smallest absolute Gasteiger partial charge is 0.338 e. The molecule has 2 N–H and O–H groups in total. The van der Waals surface area contributed by atoms with Crippen molar-refractivity contribution in [2.75, 3.05) is 24.6 Å². The lowest BCUT2D eigenvalue weighted by Crippen LogP contribution is -2.60. The summed E-state index contributed by atoms with van der Waals surface area (Å²) in [5.74, 6) is 0.224. The average Bonchev–Trinajstić information content (AvgIpc) is 3.37. The van der Waals surface area contributed by atoms with Crippen molar-refractivity contribution in [1.29, 1.82) is 5.26 Å². The second kappa shape index (κ2) is 10.6. The number of carbonyl (C=O) groups is 1. The van der Waals surface area contributed by atoms with Gasteiger partial charge in [-0.3, -0.25) is 14.3 Å². The number of hydrogen-bond donors (Lipinski definition) is 2. The number of aromatic nitrogens is 4. The second-order valence-electron chi connectivity index (χ2n) is 10.7. The SMILES string of the molecule is Cc1cc(-c2cc(Cl)ccc2OCCn2c(C)nc3cnc(N4CC(C)(O)C4)c(C#N)c3c2=O)c2scc(C(=O)O)c2n1. The Balaban J connectivity index is 1.34. The van der Waals surface area contributed by atoms with E-state index in [0.717, 1.165) is 5.56 Å². The number of benzene rings is 1. The van der Waals surface area contributed by atoms with E-state index in [1.807, 2.05) is 6.07 Å². The van der Waals surface area contributed by atoms with Gasteiger partial charge >= 0.3 is 5.97 Å². The largest absolute Gasteiger partial charge is 0.491 e. The highest BCUT2D eigenvalue weighted by Gasteiger charge is 2.39. The molecule has 0 amide bonds. The summed E-state index contributed by atoms with van der Waals surface area (Å²) in [6.45, 7) is 6.04. The Morgan fingerprint density at radius 3 is 2.70 bits per heavy atom. The van der Waals surface area contributed by atoms with Crippen LogP contribution in [0.3, 0.4) is 0 Å². The van der Waals surface area contributed by atoms with Gasteiger partial charge in [0.1, 0.15) is 35.6 Å². The Morgan fingerprint density at radius 2 is 2.00 bits per heavy atom. The number of fused-ring (bicyclic) bond motifs is 2. The number of nitriles is 1. The maximum Gasteiger partial charge on any atom is 0.338 e. The molecule has 0 bridgehead atoms. The van der Waals surface area contributed by atoms with Gasteiger partial charge in [-0.1, -0.05) is 11.6 Å². The molecule has 0 spiro atoms. The van der Waals surface area contributed by atoms with Crippen LogP contribution in [-0.2, 0) is 6.54 Å². The number of carboxylic acids is 1. The fourth-order valence-corrected chi connectivity index (χ4v) is 6.60. The van der Waals surface area contributed by atoms with Gasteiger partial charge in [0, 0.05) is 40.3 Å². The lowest BCUT2D eigenvalue weighted by atomic mass is 9.96. The van der Waals surface area contributed by atoms with E-state index in [1.165, 1.54) is 22.1 Å². The van der Waals surface area contributed by atoms with Crippen LogP contribution in [0, 0.1) is 25.2 Å². The van der Waals surface area contributed by atoms with Crippen LogP contribution in [0.1, 0.15) is 34.4 Å². The second-order valence-corrected chi connectivity index (χ2v) is 12.0. The van der Waals surface area contributed by atoms with Gasteiger partial charge in [-0.05, 0) is 45.0 Å². The molecule has 0 atom stereocenters. The minimum Gasteiger partial charge on any atom is -0.491 e. The minimum absolute atomic E-state index is 0.0927. The Kier molecular flexibility index (Phi) is 7.04. The van der Waals surface area contributed by atoms with Gasteiger partial charge in [0.05, 0.1) is 45.0 Å². The standard InChI is InChI=1S/C30H25ClN6O5S/c1-15-8-19(26-25(34-15)21(12-43-26)29(39)40)18-9-17(31)4-5-23(18)42-7-6-37-16(2)35-22-11-33-27(36-13-30(3,41)14-36)20(10-32)24(22)28(37)38/h4-5,8-9,11-12,41H,6-7,13-14H2,1-3H3,(H,39,40). The fraction of sp³-hybridized carbons (Fsp3) is 0.267. The van der Waals surface area contributed by atoms with Crippen LogP contribution in [0.2, 0.25) is 5.02 Å². The molecule has 218 valence electrons. The number of anilines is 1. The summed E-state index contributed by atoms with van der Waals surface area (Å²) < 4.78 is 8.34. The minimum atomic E-state index is -1.05. The summed E-state index contributed by atoms with van der Waals surface area (Å²) in [7, 11) is 0. The molecule has 4 aromatic heterocycles. The Hall–Kier alpha value is -4.57. The van der Waals surface area contributed by atoms with E-state index >= 15 is 0 Å². The van der Waals surface area contributed by atoms with Gasteiger partial charge in [-0.25, -0.2) is 14.8 Å². The molecular formula is C30H25ClN6O5S. The Bertz CT molecular complexity index is 2060.